The Hall–Kier alpha value is -3.93. The predicted molar refractivity (Wildman–Crippen MR) is 124 cm³/mol. The van der Waals surface area contributed by atoms with Crippen molar-refractivity contribution in [3.63, 3.8) is 0 Å². The Balaban J connectivity index is 1.36. The van der Waals surface area contributed by atoms with Gasteiger partial charge in [-0.25, -0.2) is 9.78 Å². The second-order valence-electron chi connectivity index (χ2n) is 8.46. The quantitative estimate of drug-likeness (QED) is 0.418. The fourth-order valence-corrected chi connectivity index (χ4v) is 4.46. The Morgan fingerprint density at radius 2 is 1.78 bits per heavy atom. The Bertz CT molecular complexity index is 1490. The van der Waals surface area contributed by atoms with Crippen molar-refractivity contribution in [1.82, 2.24) is 19.7 Å². The van der Waals surface area contributed by atoms with Gasteiger partial charge in [-0.3, -0.25) is 9.51 Å². The number of H-pyrrole nitrogens is 1. The van der Waals surface area contributed by atoms with Gasteiger partial charge in [-0.05, 0) is 48.1 Å². The maximum Gasteiger partial charge on any atom is 0.439 e. The molecule has 1 aliphatic rings. The summed E-state index contributed by atoms with van der Waals surface area (Å²) < 4.78 is 7.09. The van der Waals surface area contributed by atoms with Crippen LogP contribution in [0.4, 0.5) is 0 Å². The van der Waals surface area contributed by atoms with Crippen LogP contribution in [0.25, 0.3) is 33.5 Å². The van der Waals surface area contributed by atoms with E-state index in [1.165, 1.54) is 35.3 Å². The first-order chi connectivity index (χ1) is 15.7. The number of aryl methyl sites for hydroxylation is 1. The van der Waals surface area contributed by atoms with Crippen molar-refractivity contribution in [2.75, 3.05) is 0 Å². The Morgan fingerprint density at radius 1 is 1.00 bits per heavy atom. The minimum atomic E-state index is -0.556. The number of benzene rings is 3. The van der Waals surface area contributed by atoms with Crippen LogP contribution in [0, 0.1) is 6.92 Å². The highest BCUT2D eigenvalue weighted by Gasteiger charge is 2.30. The van der Waals surface area contributed by atoms with Crippen LogP contribution in [-0.4, -0.2) is 19.7 Å². The van der Waals surface area contributed by atoms with E-state index in [0.29, 0.717) is 11.7 Å². The van der Waals surface area contributed by atoms with E-state index in [1.54, 1.807) is 0 Å². The number of rotatable bonds is 5. The molecule has 0 amide bonds. The third kappa shape index (κ3) is 3.24. The molecule has 0 spiro atoms. The van der Waals surface area contributed by atoms with Crippen LogP contribution in [0.3, 0.4) is 0 Å². The molecule has 1 aliphatic carbocycles. The van der Waals surface area contributed by atoms with Crippen molar-refractivity contribution in [2.45, 2.75) is 32.2 Å². The number of imidazole rings is 1. The number of fused-ring (bicyclic) bond motifs is 1. The number of nitrogens with one attached hydrogen (secondary N) is 1. The molecule has 0 aliphatic heterocycles. The standard InChI is InChI=1S/C26H22N4O2/c1-16-5-4-8-22-23(16)30(25(27-22)19-13-14-19)15-17-9-11-18(12-10-17)20-6-2-3-7-21(20)24-28-26(31)32-29-24/h2-12,19H,13-15H2,1H3,(H,28,29,31). The zero-order chi connectivity index (χ0) is 21.7. The number of nitrogens with zero attached hydrogens (tertiary/aromatic N) is 3. The molecule has 32 heavy (non-hydrogen) atoms. The van der Waals surface area contributed by atoms with Crippen LogP contribution in [0.1, 0.15) is 35.7 Å². The van der Waals surface area contributed by atoms with Crippen LogP contribution in [-0.2, 0) is 6.54 Å². The smallest absolute Gasteiger partial charge is 0.323 e. The number of hydrogen-bond donors (Lipinski definition) is 1. The van der Waals surface area contributed by atoms with Gasteiger partial charge in [-0.15, -0.1) is 0 Å². The van der Waals surface area contributed by atoms with Crippen molar-refractivity contribution in [3.8, 4) is 22.5 Å². The number of hydrogen-bond acceptors (Lipinski definition) is 4. The SMILES string of the molecule is Cc1cccc2nc(C3CC3)n(Cc3ccc(-c4ccccc4-c4noc(=O)[nH]4)cc3)c12. The zero-order valence-electron chi connectivity index (χ0n) is 17.7. The summed E-state index contributed by atoms with van der Waals surface area (Å²) in [6.45, 7) is 2.96. The molecule has 0 saturated heterocycles. The van der Waals surface area contributed by atoms with E-state index in [0.717, 1.165) is 28.8 Å². The van der Waals surface area contributed by atoms with E-state index in [4.69, 9.17) is 9.51 Å². The van der Waals surface area contributed by atoms with E-state index in [1.807, 2.05) is 24.3 Å². The molecule has 6 rings (SSSR count). The van der Waals surface area contributed by atoms with E-state index >= 15 is 0 Å². The lowest BCUT2D eigenvalue weighted by Crippen LogP contribution is -2.05. The molecule has 6 heteroatoms. The van der Waals surface area contributed by atoms with Crippen LogP contribution in [0.2, 0.25) is 0 Å². The summed E-state index contributed by atoms with van der Waals surface area (Å²) in [5.41, 5.74) is 7.68. The van der Waals surface area contributed by atoms with Crippen molar-refractivity contribution < 1.29 is 4.52 Å². The fraction of sp³-hybridized carbons (Fsp3) is 0.192. The first-order valence-corrected chi connectivity index (χ1v) is 10.9. The molecule has 1 saturated carbocycles. The van der Waals surface area contributed by atoms with Crippen molar-refractivity contribution in [3.05, 3.63) is 94.2 Å². The van der Waals surface area contributed by atoms with Crippen molar-refractivity contribution >= 4 is 11.0 Å². The Labute approximate surface area is 184 Å². The molecular weight excluding hydrogens is 400 g/mol. The number of aromatic amines is 1. The molecule has 5 aromatic rings. The largest absolute Gasteiger partial charge is 0.439 e. The van der Waals surface area contributed by atoms with Gasteiger partial charge in [0.2, 0.25) is 0 Å². The van der Waals surface area contributed by atoms with Gasteiger partial charge < -0.3 is 4.57 Å². The summed E-state index contributed by atoms with van der Waals surface area (Å²) in [7, 11) is 0. The zero-order valence-corrected chi connectivity index (χ0v) is 17.7. The predicted octanol–water partition coefficient (Wildman–Crippen LogP) is 5.28. The molecule has 1 N–H and O–H groups in total. The second kappa shape index (κ2) is 7.34. The second-order valence-corrected chi connectivity index (χ2v) is 8.46. The number of para-hydroxylation sites is 1. The van der Waals surface area contributed by atoms with Gasteiger partial charge >= 0.3 is 5.76 Å². The van der Waals surface area contributed by atoms with Crippen LogP contribution in [0.5, 0.6) is 0 Å². The highest BCUT2D eigenvalue weighted by Crippen LogP contribution is 2.41. The normalized spacial score (nSPS) is 13.7. The maximum absolute atomic E-state index is 11.4. The summed E-state index contributed by atoms with van der Waals surface area (Å²) in [4.78, 5) is 19.0. The molecule has 1 fully saturated rings. The fourth-order valence-electron chi connectivity index (χ4n) is 4.46. The number of aromatic nitrogens is 4. The molecular formula is C26H22N4O2. The van der Waals surface area contributed by atoms with Crippen LogP contribution >= 0.6 is 0 Å². The van der Waals surface area contributed by atoms with Gasteiger partial charge in [0.1, 0.15) is 5.82 Å². The van der Waals surface area contributed by atoms with Gasteiger partial charge in [-0.2, -0.15) is 0 Å². The molecule has 3 aromatic carbocycles. The Kier molecular flexibility index (Phi) is 4.31. The minimum Gasteiger partial charge on any atom is -0.323 e. The summed E-state index contributed by atoms with van der Waals surface area (Å²) in [6.07, 6.45) is 2.45. The molecule has 0 atom stereocenters. The minimum absolute atomic E-state index is 0.434. The first-order valence-electron chi connectivity index (χ1n) is 10.9. The highest BCUT2D eigenvalue weighted by molar-refractivity contribution is 5.81. The third-order valence-corrected chi connectivity index (χ3v) is 6.17. The lowest BCUT2D eigenvalue weighted by atomic mass is 9.98. The molecule has 2 heterocycles. The molecule has 0 unspecified atom stereocenters. The van der Waals surface area contributed by atoms with Gasteiger partial charge in [0.15, 0.2) is 5.82 Å². The van der Waals surface area contributed by atoms with Crippen molar-refractivity contribution in [2.24, 2.45) is 0 Å². The van der Waals surface area contributed by atoms with E-state index in [9.17, 15) is 4.79 Å². The maximum atomic E-state index is 11.4. The monoisotopic (exact) mass is 422 g/mol. The highest BCUT2D eigenvalue weighted by atomic mass is 16.5. The summed E-state index contributed by atoms with van der Waals surface area (Å²) in [5.74, 6) is 1.67. The van der Waals surface area contributed by atoms with E-state index < -0.39 is 5.76 Å². The average molecular weight is 422 g/mol. The van der Waals surface area contributed by atoms with Gasteiger partial charge in [0, 0.05) is 18.0 Å². The molecule has 0 bridgehead atoms. The molecule has 2 aromatic heterocycles. The van der Waals surface area contributed by atoms with Crippen LogP contribution in [0.15, 0.2) is 76.0 Å². The van der Waals surface area contributed by atoms with Crippen LogP contribution < -0.4 is 5.76 Å². The molecule has 0 radical (unpaired) electrons. The third-order valence-electron chi connectivity index (χ3n) is 6.17. The lowest BCUT2D eigenvalue weighted by Gasteiger charge is -2.12. The van der Waals surface area contributed by atoms with E-state index in [-0.39, 0.29) is 0 Å². The van der Waals surface area contributed by atoms with Gasteiger partial charge in [0.05, 0.1) is 11.0 Å². The Morgan fingerprint density at radius 3 is 2.50 bits per heavy atom. The topological polar surface area (TPSA) is 76.7 Å². The molecule has 6 nitrogen and oxygen atoms in total. The van der Waals surface area contributed by atoms with E-state index in [2.05, 4.69) is 64.1 Å². The molecule has 158 valence electrons. The van der Waals surface area contributed by atoms with Crippen molar-refractivity contribution in [1.29, 1.82) is 0 Å². The van der Waals surface area contributed by atoms with Gasteiger partial charge in [-0.1, -0.05) is 65.8 Å². The summed E-state index contributed by atoms with van der Waals surface area (Å²) >= 11 is 0. The first kappa shape index (κ1) is 18.8. The summed E-state index contributed by atoms with van der Waals surface area (Å²) in [6, 6.07) is 22.8. The average Bonchev–Trinajstić information content (AvgIpc) is 3.46. The summed E-state index contributed by atoms with van der Waals surface area (Å²) in [5, 5.41) is 3.86. The van der Waals surface area contributed by atoms with Gasteiger partial charge in [0.25, 0.3) is 0 Å². The lowest BCUT2D eigenvalue weighted by molar-refractivity contribution is 0.388.